The van der Waals surface area contributed by atoms with Crippen molar-refractivity contribution in [3.05, 3.63) is 28.2 Å². The van der Waals surface area contributed by atoms with Crippen molar-refractivity contribution in [3.63, 3.8) is 0 Å². The summed E-state index contributed by atoms with van der Waals surface area (Å²) < 4.78 is 0.980. The molecule has 0 aliphatic carbocycles. The fourth-order valence-corrected chi connectivity index (χ4v) is 2.73. The lowest BCUT2D eigenvalue weighted by molar-refractivity contribution is -0.119. The summed E-state index contributed by atoms with van der Waals surface area (Å²) in [5, 5.41) is 2.97. The first kappa shape index (κ1) is 13.4. The Morgan fingerprint density at radius 3 is 3.11 bits per heavy atom. The third-order valence-corrected chi connectivity index (χ3v) is 4.15. The van der Waals surface area contributed by atoms with E-state index in [0.29, 0.717) is 0 Å². The minimum Gasteiger partial charge on any atom is -0.398 e. The number of likely N-dealkylation sites (tertiary alicyclic amines) is 1. The second-order valence-electron chi connectivity index (χ2n) is 4.74. The zero-order valence-corrected chi connectivity index (χ0v) is 12.0. The lowest BCUT2D eigenvalue weighted by atomic mass is 10.2. The molecule has 0 saturated carbocycles. The van der Waals surface area contributed by atoms with E-state index >= 15 is 0 Å². The fourth-order valence-electron chi connectivity index (χ4n) is 2.34. The molecular formula is C13H18BrN3O. The number of benzene rings is 1. The van der Waals surface area contributed by atoms with E-state index in [9.17, 15) is 4.79 Å². The third kappa shape index (κ3) is 3.23. The molecule has 1 amide bonds. The molecule has 1 unspecified atom stereocenters. The average Bonchev–Trinajstić information content (AvgIpc) is 2.71. The molecule has 1 heterocycles. The van der Waals surface area contributed by atoms with E-state index in [1.807, 2.05) is 12.1 Å². The van der Waals surface area contributed by atoms with Gasteiger partial charge in [-0.3, -0.25) is 9.69 Å². The van der Waals surface area contributed by atoms with E-state index in [0.717, 1.165) is 36.2 Å². The number of carbonyl (C=O) groups is 1. The van der Waals surface area contributed by atoms with E-state index in [1.54, 1.807) is 6.92 Å². The molecule has 1 aliphatic heterocycles. The summed E-state index contributed by atoms with van der Waals surface area (Å²) in [6.45, 7) is 4.34. The number of nitrogens with one attached hydrogen (secondary N) is 1. The molecule has 1 aliphatic rings. The van der Waals surface area contributed by atoms with Gasteiger partial charge in [-0.1, -0.05) is 12.1 Å². The van der Waals surface area contributed by atoms with Gasteiger partial charge in [-0.25, -0.2) is 0 Å². The van der Waals surface area contributed by atoms with Gasteiger partial charge >= 0.3 is 0 Å². The van der Waals surface area contributed by atoms with Gasteiger partial charge in [0.2, 0.25) is 5.91 Å². The molecule has 1 atom stereocenters. The van der Waals surface area contributed by atoms with Crippen LogP contribution in [0.3, 0.4) is 0 Å². The quantitative estimate of drug-likeness (QED) is 0.836. The molecule has 1 fully saturated rings. The first-order valence-electron chi connectivity index (χ1n) is 6.08. The van der Waals surface area contributed by atoms with Gasteiger partial charge < -0.3 is 11.1 Å². The maximum atomic E-state index is 11.0. The molecule has 3 N–H and O–H groups in total. The Hall–Kier alpha value is -1.07. The third-order valence-electron chi connectivity index (χ3n) is 3.18. The number of rotatable bonds is 3. The van der Waals surface area contributed by atoms with E-state index in [2.05, 4.69) is 32.2 Å². The average molecular weight is 312 g/mol. The molecule has 5 heteroatoms. The summed E-state index contributed by atoms with van der Waals surface area (Å²) in [6, 6.07) is 6.21. The summed E-state index contributed by atoms with van der Waals surface area (Å²) in [5.41, 5.74) is 7.83. The summed E-state index contributed by atoms with van der Waals surface area (Å²) in [5.74, 6) is 0.0481. The highest BCUT2D eigenvalue weighted by Crippen LogP contribution is 2.26. The van der Waals surface area contributed by atoms with Gasteiger partial charge in [0.15, 0.2) is 0 Å². The molecule has 1 saturated heterocycles. The number of nitrogen functional groups attached to an aromatic ring is 1. The van der Waals surface area contributed by atoms with Crippen LogP contribution in [-0.2, 0) is 11.3 Å². The Bertz CT molecular complexity index is 450. The molecule has 98 valence electrons. The Labute approximate surface area is 116 Å². The Morgan fingerprint density at radius 1 is 1.61 bits per heavy atom. The van der Waals surface area contributed by atoms with Gasteiger partial charge in [-0.05, 0) is 34.0 Å². The number of hydrogen-bond acceptors (Lipinski definition) is 3. The van der Waals surface area contributed by atoms with Crippen molar-refractivity contribution in [2.45, 2.75) is 25.9 Å². The summed E-state index contributed by atoms with van der Waals surface area (Å²) in [4.78, 5) is 13.3. The van der Waals surface area contributed by atoms with Crippen molar-refractivity contribution in [2.75, 3.05) is 18.8 Å². The topological polar surface area (TPSA) is 58.4 Å². The van der Waals surface area contributed by atoms with Gasteiger partial charge in [0.25, 0.3) is 0 Å². The van der Waals surface area contributed by atoms with Gasteiger partial charge in [0, 0.05) is 42.8 Å². The molecule has 4 nitrogen and oxygen atoms in total. The van der Waals surface area contributed by atoms with Crippen molar-refractivity contribution in [1.29, 1.82) is 0 Å². The molecule has 1 aromatic carbocycles. The minimum absolute atomic E-state index is 0.0481. The summed E-state index contributed by atoms with van der Waals surface area (Å²) in [6.07, 6.45) is 1.01. The standard InChI is InChI=1S/C13H18BrN3O/c1-9(18)16-11-5-6-17(8-11)7-10-3-2-4-12(15)13(10)14/h2-4,11H,5-8,15H2,1H3,(H,16,18). The van der Waals surface area contributed by atoms with E-state index in [1.165, 1.54) is 5.56 Å². The minimum atomic E-state index is 0.0481. The predicted molar refractivity (Wildman–Crippen MR) is 76.1 cm³/mol. The van der Waals surface area contributed by atoms with Gasteiger partial charge in [-0.2, -0.15) is 0 Å². The van der Waals surface area contributed by atoms with Crippen LogP contribution in [0.15, 0.2) is 22.7 Å². The molecule has 2 rings (SSSR count). The van der Waals surface area contributed by atoms with Crippen molar-refractivity contribution in [1.82, 2.24) is 10.2 Å². The normalized spacial score (nSPS) is 20.0. The summed E-state index contributed by atoms with van der Waals surface area (Å²) >= 11 is 3.52. The van der Waals surface area contributed by atoms with E-state index in [4.69, 9.17) is 5.73 Å². The van der Waals surface area contributed by atoms with Crippen molar-refractivity contribution in [2.24, 2.45) is 0 Å². The van der Waals surface area contributed by atoms with Crippen LogP contribution in [-0.4, -0.2) is 29.9 Å². The highest BCUT2D eigenvalue weighted by atomic mass is 79.9. The van der Waals surface area contributed by atoms with Gasteiger partial charge in [0.05, 0.1) is 0 Å². The van der Waals surface area contributed by atoms with Crippen LogP contribution in [0.2, 0.25) is 0 Å². The van der Waals surface area contributed by atoms with Crippen LogP contribution < -0.4 is 11.1 Å². The highest BCUT2D eigenvalue weighted by Gasteiger charge is 2.23. The first-order valence-corrected chi connectivity index (χ1v) is 6.88. The van der Waals surface area contributed by atoms with E-state index < -0.39 is 0 Å². The molecule has 18 heavy (non-hydrogen) atoms. The molecule has 0 spiro atoms. The number of anilines is 1. The number of hydrogen-bond donors (Lipinski definition) is 2. The van der Waals surface area contributed by atoms with Gasteiger partial charge in [-0.15, -0.1) is 0 Å². The van der Waals surface area contributed by atoms with Gasteiger partial charge in [0.1, 0.15) is 0 Å². The molecular weight excluding hydrogens is 294 g/mol. The highest BCUT2D eigenvalue weighted by molar-refractivity contribution is 9.10. The monoisotopic (exact) mass is 311 g/mol. The lowest BCUT2D eigenvalue weighted by Crippen LogP contribution is -2.35. The van der Waals surface area contributed by atoms with E-state index in [-0.39, 0.29) is 11.9 Å². The van der Waals surface area contributed by atoms with Crippen molar-refractivity contribution in [3.8, 4) is 0 Å². The number of nitrogens with two attached hydrogens (primary N) is 1. The first-order chi connectivity index (χ1) is 8.56. The molecule has 0 bridgehead atoms. The van der Waals surface area contributed by atoms with Crippen LogP contribution in [0.5, 0.6) is 0 Å². The van der Waals surface area contributed by atoms with Crippen LogP contribution in [0.4, 0.5) is 5.69 Å². The molecule has 1 aromatic rings. The zero-order valence-electron chi connectivity index (χ0n) is 10.4. The maximum absolute atomic E-state index is 11.0. The van der Waals surface area contributed by atoms with Crippen LogP contribution >= 0.6 is 15.9 Å². The SMILES string of the molecule is CC(=O)NC1CCN(Cc2cccc(N)c2Br)C1. The molecule has 0 radical (unpaired) electrons. The fraction of sp³-hybridized carbons (Fsp3) is 0.462. The number of halogens is 1. The molecule has 0 aromatic heterocycles. The van der Waals surface area contributed by atoms with Crippen molar-refractivity contribution < 1.29 is 4.79 Å². The Kier molecular flexibility index (Phi) is 4.24. The predicted octanol–water partition coefficient (Wildman–Crippen LogP) is 1.74. The smallest absolute Gasteiger partial charge is 0.217 e. The maximum Gasteiger partial charge on any atom is 0.217 e. The van der Waals surface area contributed by atoms with Crippen LogP contribution in [0, 0.1) is 0 Å². The Balaban J connectivity index is 1.95. The van der Waals surface area contributed by atoms with Crippen LogP contribution in [0.1, 0.15) is 18.9 Å². The summed E-state index contributed by atoms with van der Waals surface area (Å²) in [7, 11) is 0. The lowest BCUT2D eigenvalue weighted by Gasteiger charge is -2.17. The second-order valence-corrected chi connectivity index (χ2v) is 5.53. The number of carbonyl (C=O) groups excluding carboxylic acids is 1. The number of nitrogens with zero attached hydrogens (tertiary/aromatic N) is 1. The zero-order chi connectivity index (χ0) is 13.1. The second kappa shape index (κ2) is 5.71. The largest absolute Gasteiger partial charge is 0.398 e. The Morgan fingerprint density at radius 2 is 2.39 bits per heavy atom. The van der Waals surface area contributed by atoms with Crippen molar-refractivity contribution >= 4 is 27.5 Å². The number of amides is 1. The van der Waals surface area contributed by atoms with Crippen LogP contribution in [0.25, 0.3) is 0 Å².